The molecule has 0 atom stereocenters. The second-order valence-electron chi connectivity index (χ2n) is 11.8. The van der Waals surface area contributed by atoms with E-state index in [1.807, 2.05) is 79.7 Å². The molecule has 0 N–H and O–H groups in total. The Hall–Kier alpha value is -4.16. The molecule has 268 valence electrons. The predicted octanol–water partition coefficient (Wildman–Crippen LogP) is 16.3. The molecule has 0 spiro atoms. The van der Waals surface area contributed by atoms with Crippen LogP contribution in [0.3, 0.4) is 0 Å². The SMILES string of the molecule is C=C(C)c1ccccc1C(=C)C.C=C(C)c1ccccc1C(=C)C.CC.CC.CCC.CCC.Cc1ccc(Cc2ccc(C)cc2)cc1. The molecule has 4 rings (SSSR count). The van der Waals surface area contributed by atoms with E-state index in [0.29, 0.717) is 0 Å². The predicted molar refractivity (Wildman–Crippen MR) is 232 cm³/mol. The molecule has 0 heteroatoms. The average Bonchev–Trinajstić information content (AvgIpc) is 3.10. The normalized spacial score (nSPS) is 8.78. The van der Waals surface area contributed by atoms with Crippen LogP contribution in [0.25, 0.3) is 22.3 Å². The van der Waals surface area contributed by atoms with Gasteiger partial charge in [0.25, 0.3) is 0 Å². The van der Waals surface area contributed by atoms with Gasteiger partial charge in [-0.1, -0.05) is 225 Å². The van der Waals surface area contributed by atoms with Crippen LogP contribution in [0.5, 0.6) is 0 Å². The molecule has 49 heavy (non-hydrogen) atoms. The molecule has 0 bridgehead atoms. The summed E-state index contributed by atoms with van der Waals surface area (Å²) in [5.74, 6) is 0. The van der Waals surface area contributed by atoms with Gasteiger partial charge in [0.1, 0.15) is 0 Å². The Bertz CT molecular complexity index is 1260. The van der Waals surface area contributed by atoms with E-state index >= 15 is 0 Å². The Balaban J connectivity index is -0.000000574. The van der Waals surface area contributed by atoms with Crippen LogP contribution in [-0.2, 0) is 6.42 Å². The van der Waals surface area contributed by atoms with Crippen LogP contribution < -0.4 is 0 Å². The summed E-state index contributed by atoms with van der Waals surface area (Å²) in [6, 6.07) is 33.9. The average molecular weight is 661 g/mol. The van der Waals surface area contributed by atoms with Gasteiger partial charge >= 0.3 is 0 Å². The number of allylic oxidation sites excluding steroid dienone is 4. The Morgan fingerprint density at radius 3 is 0.735 bits per heavy atom. The molecule has 4 aromatic rings. The zero-order valence-corrected chi connectivity index (χ0v) is 34.2. The van der Waals surface area contributed by atoms with Gasteiger partial charge in [-0.2, -0.15) is 0 Å². The summed E-state index contributed by atoms with van der Waals surface area (Å²) in [5, 5.41) is 0. The molecule has 0 unspecified atom stereocenters. The molecule has 0 nitrogen and oxygen atoms in total. The van der Waals surface area contributed by atoms with Crippen molar-refractivity contribution in [2.75, 3.05) is 0 Å². The topological polar surface area (TPSA) is 0 Å². The molecule has 0 heterocycles. The van der Waals surface area contributed by atoms with E-state index in [2.05, 4.69) is 141 Å². The first-order valence-corrected chi connectivity index (χ1v) is 18.2. The van der Waals surface area contributed by atoms with Gasteiger partial charge in [0, 0.05) is 0 Å². The fraction of sp³-hybridized carbons (Fsp3) is 0.347. The summed E-state index contributed by atoms with van der Waals surface area (Å²) in [5.41, 5.74) is 14.6. The maximum Gasteiger partial charge on any atom is -0.00258 e. The Morgan fingerprint density at radius 1 is 0.388 bits per heavy atom. The van der Waals surface area contributed by atoms with Crippen molar-refractivity contribution in [1.29, 1.82) is 0 Å². The molecule has 0 radical (unpaired) electrons. The third kappa shape index (κ3) is 22.9. The van der Waals surface area contributed by atoms with Gasteiger partial charge in [0.05, 0.1) is 0 Å². The minimum Gasteiger partial charge on any atom is -0.0955 e. The van der Waals surface area contributed by atoms with E-state index in [1.54, 1.807) is 0 Å². The maximum absolute atomic E-state index is 3.93. The summed E-state index contributed by atoms with van der Waals surface area (Å²) >= 11 is 0. The molecule has 0 saturated carbocycles. The van der Waals surface area contributed by atoms with Crippen molar-refractivity contribution in [3.63, 3.8) is 0 Å². The van der Waals surface area contributed by atoms with Gasteiger partial charge < -0.3 is 0 Å². The van der Waals surface area contributed by atoms with Crippen molar-refractivity contribution in [1.82, 2.24) is 0 Å². The van der Waals surface area contributed by atoms with E-state index in [1.165, 1.54) is 57.3 Å². The van der Waals surface area contributed by atoms with Gasteiger partial charge in [0.2, 0.25) is 0 Å². The van der Waals surface area contributed by atoms with Crippen molar-refractivity contribution >= 4 is 22.3 Å². The molecule has 0 amide bonds. The van der Waals surface area contributed by atoms with Crippen LogP contribution >= 0.6 is 0 Å². The zero-order valence-electron chi connectivity index (χ0n) is 34.2. The summed E-state index contributed by atoms with van der Waals surface area (Å²) in [6.45, 7) is 44.5. The lowest BCUT2D eigenvalue weighted by molar-refractivity contribution is 1.09. The second kappa shape index (κ2) is 31.1. The smallest absolute Gasteiger partial charge is 0.00258 e. The summed E-state index contributed by atoms with van der Waals surface area (Å²) < 4.78 is 0. The highest BCUT2D eigenvalue weighted by Crippen LogP contribution is 2.23. The highest BCUT2D eigenvalue weighted by atomic mass is 14.1. The van der Waals surface area contributed by atoms with E-state index in [9.17, 15) is 0 Å². The van der Waals surface area contributed by atoms with Crippen LogP contribution in [0.4, 0.5) is 0 Å². The van der Waals surface area contributed by atoms with Crippen LogP contribution in [-0.4, -0.2) is 0 Å². The first-order chi connectivity index (χ1) is 23.3. The van der Waals surface area contributed by atoms with Gasteiger partial charge in [-0.3, -0.25) is 0 Å². The van der Waals surface area contributed by atoms with Crippen molar-refractivity contribution in [3.05, 3.63) is 168 Å². The van der Waals surface area contributed by atoms with Gasteiger partial charge in [-0.15, -0.1) is 0 Å². The van der Waals surface area contributed by atoms with Crippen LogP contribution in [0, 0.1) is 13.8 Å². The third-order valence-electron chi connectivity index (χ3n) is 6.34. The number of hydrogen-bond acceptors (Lipinski definition) is 0. The summed E-state index contributed by atoms with van der Waals surface area (Å²) in [4.78, 5) is 0. The number of benzene rings is 4. The molecule has 0 saturated heterocycles. The molecular weight excluding hydrogens is 589 g/mol. The van der Waals surface area contributed by atoms with Crippen molar-refractivity contribution in [2.24, 2.45) is 0 Å². The van der Waals surface area contributed by atoms with Crippen LogP contribution in [0.2, 0.25) is 0 Å². The molecule has 0 aliphatic heterocycles. The van der Waals surface area contributed by atoms with Gasteiger partial charge in [-0.05, 0) is 81.3 Å². The van der Waals surface area contributed by atoms with E-state index in [4.69, 9.17) is 0 Å². The van der Waals surface area contributed by atoms with Crippen molar-refractivity contribution in [2.45, 2.75) is 116 Å². The number of aryl methyl sites for hydroxylation is 2. The monoisotopic (exact) mass is 661 g/mol. The number of hydrogen-bond donors (Lipinski definition) is 0. The van der Waals surface area contributed by atoms with Gasteiger partial charge in [-0.25, -0.2) is 0 Å². The fourth-order valence-electron chi connectivity index (χ4n) is 4.10. The number of rotatable bonds is 6. The Labute approximate surface area is 305 Å². The lowest BCUT2D eigenvalue weighted by atomic mass is 9.98. The Morgan fingerprint density at radius 2 is 0.571 bits per heavy atom. The lowest BCUT2D eigenvalue weighted by Gasteiger charge is -2.07. The standard InChI is InChI=1S/C15H16.2C12H14.2C3H8.2C2H6/c1-12-3-7-14(8-4-12)11-15-9-5-13(2)6-10-15;2*1-9(2)11-7-5-6-8-12(11)10(3)4;2*1-3-2;2*1-2/h3-10H,11H2,1-2H3;2*5-8H,1,3H2,2,4H3;2*3H2,1-2H3;2*1-2H3. The molecular formula is C49H72. The van der Waals surface area contributed by atoms with Gasteiger partial charge in [0.15, 0.2) is 0 Å². The highest BCUT2D eigenvalue weighted by Gasteiger charge is 2.02. The first-order valence-electron chi connectivity index (χ1n) is 18.2. The summed E-state index contributed by atoms with van der Waals surface area (Å²) in [6.07, 6.45) is 3.53. The highest BCUT2D eigenvalue weighted by molar-refractivity contribution is 5.77. The molecule has 0 aromatic heterocycles. The van der Waals surface area contributed by atoms with Crippen LogP contribution in [0.1, 0.15) is 140 Å². The molecule has 0 fully saturated rings. The zero-order chi connectivity index (χ0) is 38.4. The lowest BCUT2D eigenvalue weighted by Crippen LogP contribution is -1.88. The van der Waals surface area contributed by atoms with E-state index < -0.39 is 0 Å². The van der Waals surface area contributed by atoms with Crippen molar-refractivity contribution < 1.29 is 0 Å². The molecule has 0 aliphatic carbocycles. The minimum absolute atomic E-state index is 1.03. The molecule has 0 aliphatic rings. The second-order valence-corrected chi connectivity index (χ2v) is 11.8. The molecule has 4 aromatic carbocycles. The van der Waals surface area contributed by atoms with E-state index in [0.717, 1.165) is 28.7 Å². The minimum atomic E-state index is 1.03. The third-order valence-corrected chi connectivity index (χ3v) is 6.34. The first kappa shape index (κ1) is 49.2. The largest absolute Gasteiger partial charge is 0.0955 e. The quantitative estimate of drug-likeness (QED) is 0.193. The summed E-state index contributed by atoms with van der Waals surface area (Å²) in [7, 11) is 0. The van der Waals surface area contributed by atoms with Crippen LogP contribution in [0.15, 0.2) is 123 Å². The maximum atomic E-state index is 3.93. The van der Waals surface area contributed by atoms with E-state index in [-0.39, 0.29) is 0 Å². The fourth-order valence-corrected chi connectivity index (χ4v) is 4.10. The Kier molecular flexibility index (Phi) is 31.3. The van der Waals surface area contributed by atoms with Crippen molar-refractivity contribution in [3.8, 4) is 0 Å².